The van der Waals surface area contributed by atoms with Crippen molar-refractivity contribution in [1.82, 2.24) is 5.48 Å². The first kappa shape index (κ1) is 19.1. The molecular weight excluding hydrogens is 366 g/mol. The van der Waals surface area contributed by atoms with Gasteiger partial charge in [-0.25, -0.2) is 13.9 Å². The van der Waals surface area contributed by atoms with E-state index in [0.29, 0.717) is 6.42 Å². The van der Waals surface area contributed by atoms with Crippen molar-refractivity contribution < 1.29 is 18.4 Å². The second-order valence-corrected chi connectivity index (χ2v) is 10.4. The smallest absolute Gasteiger partial charge is 0.261 e. The van der Waals surface area contributed by atoms with E-state index in [9.17, 15) is 13.2 Å². The molecule has 0 radical (unpaired) electrons. The molecule has 0 spiro atoms. The van der Waals surface area contributed by atoms with Crippen LogP contribution < -0.4 is 5.48 Å². The first-order chi connectivity index (χ1) is 11.3. The first-order valence-electron chi connectivity index (χ1n) is 7.59. The van der Waals surface area contributed by atoms with Crippen molar-refractivity contribution in [2.24, 2.45) is 0 Å². The number of aryl methyl sites for hydroxylation is 2. The highest BCUT2D eigenvalue weighted by atomic mass is 32.2. The molecule has 2 heterocycles. The van der Waals surface area contributed by atoms with Crippen LogP contribution in [0.1, 0.15) is 29.0 Å². The quantitative estimate of drug-likeness (QED) is 0.413. The molecule has 1 atom stereocenters. The molecular formula is C16H21NO4S3. The maximum absolute atomic E-state index is 11.6. The number of hydrogen-bond donors (Lipinski definition) is 2. The van der Waals surface area contributed by atoms with Crippen molar-refractivity contribution in [3.63, 3.8) is 0 Å². The number of amides is 1. The number of sulfone groups is 1. The van der Waals surface area contributed by atoms with Crippen LogP contribution in [0.4, 0.5) is 0 Å². The average molecular weight is 388 g/mol. The van der Waals surface area contributed by atoms with Gasteiger partial charge in [0.1, 0.15) is 5.25 Å². The summed E-state index contributed by atoms with van der Waals surface area (Å²) < 4.78 is 23.2. The molecule has 8 heteroatoms. The normalized spacial score (nSPS) is 13.0. The molecule has 0 aromatic carbocycles. The van der Waals surface area contributed by atoms with Crippen molar-refractivity contribution in [2.75, 3.05) is 6.26 Å². The van der Waals surface area contributed by atoms with Crippen LogP contribution in [0.2, 0.25) is 0 Å². The van der Waals surface area contributed by atoms with Crippen molar-refractivity contribution in [2.45, 2.75) is 37.9 Å². The summed E-state index contributed by atoms with van der Waals surface area (Å²) in [5.41, 5.74) is 1.44. The standard InChI is InChI=1S/C16H21NO4S3/c1-11-7-9-13(22-11)14-10-8-12(23-14)5-3-4-6-15(16(18)17-19)24(2,20)21/h7-10,15,19H,3-6H2,1-2H3,(H,17,18). The van der Waals surface area contributed by atoms with Gasteiger partial charge < -0.3 is 0 Å². The number of thiophene rings is 2. The van der Waals surface area contributed by atoms with E-state index >= 15 is 0 Å². The molecule has 1 amide bonds. The van der Waals surface area contributed by atoms with Crippen LogP contribution in [0.25, 0.3) is 9.75 Å². The molecule has 0 bridgehead atoms. The van der Waals surface area contributed by atoms with E-state index < -0.39 is 21.0 Å². The van der Waals surface area contributed by atoms with Crippen molar-refractivity contribution >= 4 is 38.4 Å². The SMILES string of the molecule is Cc1ccc(-c2ccc(CCCCC(C(=O)NO)S(C)(=O)=O)s2)s1. The molecule has 0 aliphatic carbocycles. The minimum atomic E-state index is -3.52. The van der Waals surface area contributed by atoms with Gasteiger partial charge in [0.05, 0.1) is 0 Å². The average Bonchev–Trinajstić information content (AvgIpc) is 3.14. The minimum absolute atomic E-state index is 0.216. The van der Waals surface area contributed by atoms with Crippen LogP contribution in [0.3, 0.4) is 0 Å². The number of unbranched alkanes of at least 4 members (excludes halogenated alkanes) is 1. The summed E-state index contributed by atoms with van der Waals surface area (Å²) in [6.45, 7) is 2.09. The molecule has 2 aromatic heterocycles. The second kappa shape index (κ2) is 8.24. The lowest BCUT2D eigenvalue weighted by atomic mass is 10.1. The molecule has 1 unspecified atom stereocenters. The van der Waals surface area contributed by atoms with E-state index in [1.54, 1.807) is 22.7 Å². The fourth-order valence-electron chi connectivity index (χ4n) is 2.45. The van der Waals surface area contributed by atoms with E-state index in [4.69, 9.17) is 5.21 Å². The molecule has 0 aliphatic rings. The van der Waals surface area contributed by atoms with Gasteiger partial charge in [0, 0.05) is 25.8 Å². The van der Waals surface area contributed by atoms with Gasteiger partial charge in [-0.3, -0.25) is 10.0 Å². The topological polar surface area (TPSA) is 83.5 Å². The molecule has 2 rings (SSSR count). The van der Waals surface area contributed by atoms with Crippen LogP contribution in [0.15, 0.2) is 24.3 Å². The maximum Gasteiger partial charge on any atom is 0.261 e. The van der Waals surface area contributed by atoms with Gasteiger partial charge in [-0.2, -0.15) is 0 Å². The molecule has 132 valence electrons. The molecule has 2 N–H and O–H groups in total. The Hall–Kier alpha value is -1.22. The van der Waals surface area contributed by atoms with Crippen molar-refractivity contribution in [1.29, 1.82) is 0 Å². The maximum atomic E-state index is 11.6. The van der Waals surface area contributed by atoms with Gasteiger partial charge in [0.25, 0.3) is 5.91 Å². The molecule has 0 fully saturated rings. The summed E-state index contributed by atoms with van der Waals surface area (Å²) in [6, 6.07) is 8.45. The molecule has 24 heavy (non-hydrogen) atoms. The predicted octanol–water partition coefficient (Wildman–Crippen LogP) is 3.42. The number of carbonyl (C=O) groups excluding carboxylic acids is 1. The summed E-state index contributed by atoms with van der Waals surface area (Å²) in [7, 11) is -3.52. The minimum Gasteiger partial charge on any atom is -0.289 e. The van der Waals surface area contributed by atoms with E-state index in [0.717, 1.165) is 19.1 Å². The molecule has 0 saturated heterocycles. The van der Waals surface area contributed by atoms with E-state index in [1.807, 2.05) is 0 Å². The van der Waals surface area contributed by atoms with Crippen LogP contribution in [0, 0.1) is 6.92 Å². The second-order valence-electron chi connectivity index (χ2n) is 5.72. The summed E-state index contributed by atoms with van der Waals surface area (Å²) in [4.78, 5) is 16.5. The summed E-state index contributed by atoms with van der Waals surface area (Å²) in [6.07, 6.45) is 3.49. The van der Waals surface area contributed by atoms with Crippen LogP contribution in [-0.4, -0.2) is 31.0 Å². The van der Waals surface area contributed by atoms with Gasteiger partial charge in [-0.15, -0.1) is 22.7 Å². The third-order valence-electron chi connectivity index (χ3n) is 3.70. The Morgan fingerprint density at radius 3 is 2.42 bits per heavy atom. The lowest BCUT2D eigenvalue weighted by Gasteiger charge is -2.12. The Kier molecular flexibility index (Phi) is 6.56. The first-order valence-corrected chi connectivity index (χ1v) is 11.2. The fourth-order valence-corrected chi connectivity index (χ4v) is 5.50. The summed E-state index contributed by atoms with van der Waals surface area (Å²) in [5, 5.41) is 7.47. The van der Waals surface area contributed by atoms with Gasteiger partial charge >= 0.3 is 0 Å². The Bertz CT molecular complexity index is 792. The van der Waals surface area contributed by atoms with Gasteiger partial charge in [-0.1, -0.05) is 6.42 Å². The highest BCUT2D eigenvalue weighted by Crippen LogP contribution is 2.33. The zero-order valence-corrected chi connectivity index (χ0v) is 16.1. The lowest BCUT2D eigenvalue weighted by molar-refractivity contribution is -0.128. The van der Waals surface area contributed by atoms with E-state index in [2.05, 4.69) is 31.2 Å². The zero-order valence-electron chi connectivity index (χ0n) is 13.6. The summed E-state index contributed by atoms with van der Waals surface area (Å²) >= 11 is 3.52. The Labute approximate surface area is 150 Å². The summed E-state index contributed by atoms with van der Waals surface area (Å²) in [5.74, 6) is -0.857. The lowest BCUT2D eigenvalue weighted by Crippen LogP contribution is -2.37. The van der Waals surface area contributed by atoms with Crippen molar-refractivity contribution in [3.05, 3.63) is 34.0 Å². The molecule has 2 aromatic rings. The van der Waals surface area contributed by atoms with Gasteiger partial charge in [0.2, 0.25) is 0 Å². The monoisotopic (exact) mass is 387 g/mol. The Balaban J connectivity index is 1.86. The number of nitrogens with one attached hydrogen (secondary N) is 1. The third kappa shape index (κ3) is 5.14. The van der Waals surface area contributed by atoms with Crippen LogP contribution >= 0.6 is 22.7 Å². The Morgan fingerprint density at radius 2 is 1.83 bits per heavy atom. The van der Waals surface area contributed by atoms with Gasteiger partial charge in [-0.05, 0) is 50.5 Å². The highest BCUT2D eigenvalue weighted by molar-refractivity contribution is 7.92. The molecule has 0 saturated carbocycles. The number of hydroxylamine groups is 1. The third-order valence-corrected chi connectivity index (χ3v) is 7.53. The Morgan fingerprint density at radius 1 is 1.17 bits per heavy atom. The highest BCUT2D eigenvalue weighted by Gasteiger charge is 2.27. The predicted molar refractivity (Wildman–Crippen MR) is 98.5 cm³/mol. The van der Waals surface area contributed by atoms with Gasteiger partial charge in [0.15, 0.2) is 9.84 Å². The number of rotatable bonds is 8. The van der Waals surface area contributed by atoms with E-state index in [-0.39, 0.29) is 6.42 Å². The zero-order chi connectivity index (χ0) is 17.7. The largest absolute Gasteiger partial charge is 0.289 e. The van der Waals surface area contributed by atoms with Crippen LogP contribution in [0.5, 0.6) is 0 Å². The molecule has 5 nitrogen and oxygen atoms in total. The number of hydrogen-bond acceptors (Lipinski definition) is 6. The number of carbonyl (C=O) groups is 1. The van der Waals surface area contributed by atoms with Crippen LogP contribution in [-0.2, 0) is 21.1 Å². The molecule has 0 aliphatic heterocycles. The van der Waals surface area contributed by atoms with E-state index in [1.165, 1.54) is 25.0 Å². The fraction of sp³-hybridized carbons (Fsp3) is 0.438. The van der Waals surface area contributed by atoms with Crippen molar-refractivity contribution in [3.8, 4) is 9.75 Å².